The van der Waals surface area contributed by atoms with Crippen LogP contribution in [0.4, 0.5) is 11.4 Å². The first-order valence-electron chi connectivity index (χ1n) is 10.7. The fraction of sp³-hybridized carbons (Fsp3) is 0.296. The van der Waals surface area contributed by atoms with Crippen molar-refractivity contribution in [1.82, 2.24) is 4.98 Å². The first-order valence-corrected chi connectivity index (χ1v) is 10.7. The second kappa shape index (κ2) is 13.3. The number of aliphatic imine (C=N–C) groups is 2. The fourth-order valence-electron chi connectivity index (χ4n) is 3.48. The van der Waals surface area contributed by atoms with Gasteiger partial charge in [-0.2, -0.15) is 0 Å². The number of para-hydroxylation sites is 2. The predicted molar refractivity (Wildman–Crippen MR) is 136 cm³/mol. The predicted octanol–water partition coefficient (Wildman–Crippen LogP) is 7.74. The second-order valence-electron chi connectivity index (χ2n) is 7.78. The van der Waals surface area contributed by atoms with Gasteiger partial charge in [0.2, 0.25) is 0 Å². The summed E-state index contributed by atoms with van der Waals surface area (Å²) in [5, 5.41) is 0. The van der Waals surface area contributed by atoms with Gasteiger partial charge in [0.1, 0.15) is 0 Å². The minimum Gasteiger partial charge on any atom is -0.251 e. The van der Waals surface area contributed by atoms with E-state index in [4.69, 9.17) is 15.0 Å². The van der Waals surface area contributed by atoms with Crippen LogP contribution in [0.2, 0.25) is 0 Å². The van der Waals surface area contributed by atoms with E-state index in [1.165, 1.54) is 29.5 Å². The van der Waals surface area contributed by atoms with Crippen LogP contribution in [0.1, 0.15) is 61.7 Å². The number of unbranched alkanes of at least 4 members (excludes halogenated alkanes) is 1. The first kappa shape index (κ1) is 27.8. The number of aryl methyl sites for hydroxylation is 3. The van der Waals surface area contributed by atoms with Crippen molar-refractivity contribution in [2.45, 2.75) is 53.9 Å². The summed E-state index contributed by atoms with van der Waals surface area (Å²) in [6.07, 6.45) is 3.41. The molecular formula is C27H32ClFeN3. The second-order valence-corrected chi connectivity index (χ2v) is 7.78. The van der Waals surface area contributed by atoms with Crippen molar-refractivity contribution >= 4 is 35.2 Å². The molecule has 0 N–H and O–H groups in total. The van der Waals surface area contributed by atoms with Crippen LogP contribution in [-0.2, 0) is 23.5 Å². The Morgan fingerprint density at radius 3 is 1.97 bits per heavy atom. The van der Waals surface area contributed by atoms with Crippen molar-refractivity contribution in [3.8, 4) is 0 Å². The van der Waals surface area contributed by atoms with E-state index in [-0.39, 0.29) is 29.5 Å². The topological polar surface area (TPSA) is 37.6 Å². The smallest absolute Gasteiger partial charge is 0.0849 e. The number of rotatable bonds is 7. The van der Waals surface area contributed by atoms with Gasteiger partial charge in [-0.1, -0.05) is 55.8 Å². The van der Waals surface area contributed by atoms with E-state index < -0.39 is 0 Å². The maximum atomic E-state index is 4.91. The molecule has 5 heteroatoms. The molecule has 0 unspecified atom stereocenters. The number of nitrogens with zero attached hydrogens (tertiary/aromatic N) is 3. The Labute approximate surface area is 209 Å². The van der Waals surface area contributed by atoms with Crippen molar-refractivity contribution in [3.63, 3.8) is 0 Å². The molecule has 0 atom stereocenters. The van der Waals surface area contributed by atoms with Gasteiger partial charge in [-0.05, 0) is 75.4 Å². The molecule has 2 aromatic carbocycles. The molecule has 170 valence electrons. The van der Waals surface area contributed by atoms with Crippen LogP contribution < -0.4 is 0 Å². The summed E-state index contributed by atoms with van der Waals surface area (Å²) in [5.41, 5.74) is 9.29. The zero-order valence-electron chi connectivity index (χ0n) is 19.5. The minimum atomic E-state index is 0. The fourth-order valence-corrected chi connectivity index (χ4v) is 3.48. The number of benzene rings is 2. The van der Waals surface area contributed by atoms with E-state index in [0.29, 0.717) is 0 Å². The average Bonchev–Trinajstić information content (AvgIpc) is 2.75. The van der Waals surface area contributed by atoms with E-state index in [2.05, 4.69) is 57.2 Å². The van der Waals surface area contributed by atoms with Gasteiger partial charge in [0.15, 0.2) is 0 Å². The Morgan fingerprint density at radius 1 is 0.781 bits per heavy atom. The molecule has 1 aromatic heterocycles. The Bertz CT molecular complexity index is 1070. The molecule has 3 rings (SSSR count). The normalized spacial score (nSPS) is 11.5. The van der Waals surface area contributed by atoms with Crippen LogP contribution in [-0.4, -0.2) is 16.4 Å². The average molecular weight is 490 g/mol. The molecule has 0 bridgehead atoms. The third kappa shape index (κ3) is 7.13. The third-order valence-electron chi connectivity index (χ3n) is 5.29. The van der Waals surface area contributed by atoms with Gasteiger partial charge in [0.05, 0.1) is 34.2 Å². The number of hydrogen-bond donors (Lipinski definition) is 0. The Balaban J connectivity index is 0.00000256. The maximum absolute atomic E-state index is 4.91. The third-order valence-corrected chi connectivity index (χ3v) is 5.29. The van der Waals surface area contributed by atoms with Gasteiger partial charge >= 0.3 is 0 Å². The molecule has 0 aliphatic carbocycles. The minimum absolute atomic E-state index is 0. The molecule has 0 saturated heterocycles. The Morgan fingerprint density at radius 2 is 1.34 bits per heavy atom. The van der Waals surface area contributed by atoms with Crippen LogP contribution in [0.5, 0.6) is 0 Å². The molecule has 0 spiro atoms. The molecule has 0 saturated carbocycles. The number of halogens is 1. The Kier molecular flexibility index (Phi) is 11.6. The van der Waals surface area contributed by atoms with Crippen molar-refractivity contribution in [3.05, 3.63) is 88.7 Å². The first-order chi connectivity index (χ1) is 14.5. The quantitative estimate of drug-likeness (QED) is 0.247. The van der Waals surface area contributed by atoms with Crippen molar-refractivity contribution in [2.24, 2.45) is 9.98 Å². The van der Waals surface area contributed by atoms with Gasteiger partial charge in [-0.3, -0.25) is 9.98 Å². The van der Waals surface area contributed by atoms with Crippen molar-refractivity contribution in [2.75, 3.05) is 0 Å². The van der Waals surface area contributed by atoms with Gasteiger partial charge < -0.3 is 0 Å². The summed E-state index contributed by atoms with van der Waals surface area (Å²) in [6, 6.07) is 20.7. The van der Waals surface area contributed by atoms with E-state index in [0.717, 1.165) is 40.6 Å². The summed E-state index contributed by atoms with van der Waals surface area (Å²) in [7, 11) is 0. The Hall–Kier alpha value is -2.26. The van der Waals surface area contributed by atoms with Crippen molar-refractivity contribution < 1.29 is 17.1 Å². The van der Waals surface area contributed by atoms with Crippen LogP contribution in [0.25, 0.3) is 0 Å². The standard InChI is InChI=1S/C27H31N3.ClH.Fe/c1-6-7-14-23-15-8-9-16-26(23)28-21(4)24-17-11-18-25(30-24)22(5)29-27-19(2)12-10-13-20(27)3;;/h8-13,15-18H,6-7,14H2,1-5H3;1H;/b28-21+,29-22+;;. The summed E-state index contributed by atoms with van der Waals surface area (Å²) in [5.74, 6) is 0. The molecule has 3 aromatic rings. The molecule has 0 aliphatic heterocycles. The zero-order valence-corrected chi connectivity index (χ0v) is 21.4. The van der Waals surface area contributed by atoms with Crippen LogP contribution in [0.15, 0.2) is 70.6 Å². The van der Waals surface area contributed by atoms with E-state index in [9.17, 15) is 0 Å². The number of pyridine rings is 1. The number of hydrogen-bond acceptors (Lipinski definition) is 3. The van der Waals surface area contributed by atoms with Crippen molar-refractivity contribution in [1.29, 1.82) is 0 Å². The molecule has 3 nitrogen and oxygen atoms in total. The SMILES string of the molecule is CCCCc1ccccc1/N=C(\C)c1cccc(/C(C)=N/c2c(C)cccc2C)n1.Cl.[Fe]. The molecule has 0 radical (unpaired) electrons. The molecule has 0 aliphatic rings. The van der Waals surface area contributed by atoms with Gasteiger partial charge in [0.25, 0.3) is 0 Å². The van der Waals surface area contributed by atoms with E-state index in [1.807, 2.05) is 38.1 Å². The summed E-state index contributed by atoms with van der Waals surface area (Å²) in [6.45, 7) is 10.4. The van der Waals surface area contributed by atoms with Crippen LogP contribution in [0, 0.1) is 13.8 Å². The molecule has 1 heterocycles. The zero-order chi connectivity index (χ0) is 21.5. The van der Waals surface area contributed by atoms with Gasteiger partial charge in [-0.15, -0.1) is 12.4 Å². The molecule has 0 fully saturated rings. The largest absolute Gasteiger partial charge is 0.251 e. The summed E-state index contributed by atoms with van der Waals surface area (Å²) >= 11 is 0. The van der Waals surface area contributed by atoms with Gasteiger partial charge in [-0.25, -0.2) is 4.98 Å². The molecule has 32 heavy (non-hydrogen) atoms. The van der Waals surface area contributed by atoms with Crippen LogP contribution in [0.3, 0.4) is 0 Å². The van der Waals surface area contributed by atoms with E-state index in [1.54, 1.807) is 0 Å². The van der Waals surface area contributed by atoms with Gasteiger partial charge in [0, 0.05) is 17.1 Å². The molecular weight excluding hydrogens is 458 g/mol. The summed E-state index contributed by atoms with van der Waals surface area (Å²) in [4.78, 5) is 14.6. The molecule has 0 amide bonds. The summed E-state index contributed by atoms with van der Waals surface area (Å²) < 4.78 is 0. The number of aromatic nitrogens is 1. The maximum Gasteiger partial charge on any atom is 0.0849 e. The van der Waals surface area contributed by atoms with Crippen LogP contribution >= 0.6 is 12.4 Å². The monoisotopic (exact) mass is 489 g/mol. The van der Waals surface area contributed by atoms with E-state index >= 15 is 0 Å².